The number of hydrogen-bond donors (Lipinski definition) is 1. The van der Waals surface area contributed by atoms with Crippen LogP contribution >= 0.6 is 0 Å². The third-order valence-electron chi connectivity index (χ3n) is 4.19. The maximum absolute atomic E-state index is 12.9. The molecule has 0 radical (unpaired) electrons. The van der Waals surface area contributed by atoms with Gasteiger partial charge >= 0.3 is 0 Å². The van der Waals surface area contributed by atoms with E-state index in [1.54, 1.807) is 11.8 Å². The molecule has 0 aliphatic rings. The average Bonchev–Trinajstić information content (AvgIpc) is 2.61. The maximum Gasteiger partial charge on any atom is 0.242 e. The highest BCUT2D eigenvalue weighted by atomic mass is 16.2. The van der Waals surface area contributed by atoms with E-state index in [0.29, 0.717) is 13.1 Å². The molecular weight excluding hydrogens is 312 g/mol. The van der Waals surface area contributed by atoms with Crippen LogP contribution in [0, 0.1) is 6.92 Å². The van der Waals surface area contributed by atoms with Crippen molar-refractivity contribution in [1.82, 2.24) is 10.2 Å². The quantitative estimate of drug-likeness (QED) is 0.843. The molecule has 2 amide bonds. The van der Waals surface area contributed by atoms with Gasteiger partial charge in [-0.2, -0.15) is 0 Å². The minimum absolute atomic E-state index is 0.0504. The fourth-order valence-electron chi connectivity index (χ4n) is 2.67. The van der Waals surface area contributed by atoms with E-state index in [-0.39, 0.29) is 18.2 Å². The fourth-order valence-corrected chi connectivity index (χ4v) is 2.67. The van der Waals surface area contributed by atoms with Crippen LogP contribution in [-0.4, -0.2) is 29.3 Å². The highest BCUT2D eigenvalue weighted by molar-refractivity contribution is 5.88. The summed E-state index contributed by atoms with van der Waals surface area (Å²) < 4.78 is 0. The zero-order valence-electron chi connectivity index (χ0n) is 15.2. The summed E-state index contributed by atoms with van der Waals surface area (Å²) in [6, 6.07) is 17.1. The second kappa shape index (κ2) is 9.02. The van der Waals surface area contributed by atoms with Crippen LogP contribution in [0.25, 0.3) is 0 Å². The predicted molar refractivity (Wildman–Crippen MR) is 100 cm³/mol. The second-order valence-corrected chi connectivity index (χ2v) is 6.24. The van der Waals surface area contributed by atoms with E-state index >= 15 is 0 Å². The van der Waals surface area contributed by atoms with Gasteiger partial charge in [-0.1, -0.05) is 60.2 Å². The molecule has 25 heavy (non-hydrogen) atoms. The Morgan fingerprint density at radius 1 is 1.00 bits per heavy atom. The van der Waals surface area contributed by atoms with E-state index in [2.05, 4.69) is 5.32 Å². The smallest absolute Gasteiger partial charge is 0.242 e. The number of rotatable bonds is 7. The van der Waals surface area contributed by atoms with Crippen LogP contribution in [0.5, 0.6) is 0 Å². The Labute approximate surface area is 149 Å². The summed E-state index contributed by atoms with van der Waals surface area (Å²) in [5.41, 5.74) is 3.13. The lowest BCUT2D eigenvalue weighted by Crippen LogP contribution is -2.48. The number of aryl methyl sites for hydroxylation is 1. The maximum atomic E-state index is 12.9. The van der Waals surface area contributed by atoms with E-state index < -0.39 is 6.04 Å². The van der Waals surface area contributed by atoms with Gasteiger partial charge in [0.25, 0.3) is 0 Å². The highest BCUT2D eigenvalue weighted by Crippen LogP contribution is 2.13. The molecule has 0 saturated carbocycles. The molecule has 4 heteroatoms. The van der Waals surface area contributed by atoms with Crippen molar-refractivity contribution in [2.24, 2.45) is 0 Å². The number of hydrogen-bond acceptors (Lipinski definition) is 2. The summed E-state index contributed by atoms with van der Waals surface area (Å²) in [6.07, 6.45) is 0.288. The molecule has 0 aliphatic carbocycles. The Bertz CT molecular complexity index is 696. The Kier molecular flexibility index (Phi) is 6.75. The minimum atomic E-state index is -0.516. The van der Waals surface area contributed by atoms with E-state index in [1.165, 1.54) is 5.56 Å². The molecule has 0 spiro atoms. The van der Waals surface area contributed by atoms with Crippen molar-refractivity contribution in [1.29, 1.82) is 0 Å². The first-order valence-electron chi connectivity index (χ1n) is 8.68. The molecule has 2 aromatic rings. The van der Waals surface area contributed by atoms with Crippen molar-refractivity contribution >= 4 is 11.8 Å². The van der Waals surface area contributed by atoms with Crippen molar-refractivity contribution in [3.05, 3.63) is 71.3 Å². The molecule has 0 fully saturated rings. The zero-order valence-corrected chi connectivity index (χ0v) is 15.2. The first-order valence-corrected chi connectivity index (χ1v) is 8.68. The van der Waals surface area contributed by atoms with Crippen LogP contribution in [0.2, 0.25) is 0 Å². The van der Waals surface area contributed by atoms with E-state index in [1.807, 2.05) is 68.4 Å². The largest absolute Gasteiger partial charge is 0.355 e. The number of carbonyl (C=O) groups excluding carboxylic acids is 2. The zero-order chi connectivity index (χ0) is 18.2. The lowest BCUT2D eigenvalue weighted by Gasteiger charge is -2.29. The third-order valence-corrected chi connectivity index (χ3v) is 4.19. The standard InChI is InChI=1S/C21H26N2O2/c1-4-22-21(25)17(3)23(15-19-12-10-16(2)11-13-19)20(24)14-18-8-6-5-7-9-18/h5-13,17H,4,14-15H2,1-3H3,(H,22,25)/t17-/m1/s1. The summed E-state index contributed by atoms with van der Waals surface area (Å²) in [4.78, 5) is 26.8. The van der Waals surface area contributed by atoms with Gasteiger partial charge in [-0.05, 0) is 31.9 Å². The molecule has 2 aromatic carbocycles. The predicted octanol–water partition coefficient (Wildman–Crippen LogP) is 3.09. The SMILES string of the molecule is CCNC(=O)[C@@H](C)N(Cc1ccc(C)cc1)C(=O)Cc1ccccc1. The van der Waals surface area contributed by atoms with Crippen molar-refractivity contribution in [2.75, 3.05) is 6.54 Å². The number of nitrogens with one attached hydrogen (secondary N) is 1. The molecule has 4 nitrogen and oxygen atoms in total. The monoisotopic (exact) mass is 338 g/mol. The molecule has 1 atom stereocenters. The molecule has 0 aromatic heterocycles. The van der Waals surface area contributed by atoms with Gasteiger partial charge in [0.15, 0.2) is 0 Å². The first kappa shape index (κ1) is 18.7. The Balaban J connectivity index is 2.19. The number of benzene rings is 2. The molecule has 0 saturated heterocycles. The molecule has 132 valence electrons. The number of carbonyl (C=O) groups is 2. The van der Waals surface area contributed by atoms with Crippen molar-refractivity contribution in [3.8, 4) is 0 Å². The number of likely N-dealkylation sites (N-methyl/N-ethyl adjacent to an activating group) is 1. The van der Waals surface area contributed by atoms with Gasteiger partial charge in [-0.3, -0.25) is 9.59 Å². The van der Waals surface area contributed by atoms with Crippen molar-refractivity contribution < 1.29 is 9.59 Å². The minimum Gasteiger partial charge on any atom is -0.355 e. The fraction of sp³-hybridized carbons (Fsp3) is 0.333. The van der Waals surface area contributed by atoms with Crippen LogP contribution in [0.3, 0.4) is 0 Å². The van der Waals surface area contributed by atoms with Crippen LogP contribution in [0.1, 0.15) is 30.5 Å². The van der Waals surface area contributed by atoms with Crippen LogP contribution in [0.15, 0.2) is 54.6 Å². The summed E-state index contributed by atoms with van der Waals surface area (Å²) in [7, 11) is 0. The second-order valence-electron chi connectivity index (χ2n) is 6.24. The Hall–Kier alpha value is -2.62. The van der Waals surface area contributed by atoms with Crippen LogP contribution in [0.4, 0.5) is 0 Å². The first-order chi connectivity index (χ1) is 12.0. The van der Waals surface area contributed by atoms with Gasteiger partial charge in [-0.25, -0.2) is 0 Å². The van der Waals surface area contributed by atoms with Crippen molar-refractivity contribution in [3.63, 3.8) is 0 Å². The number of nitrogens with zero attached hydrogens (tertiary/aromatic N) is 1. The topological polar surface area (TPSA) is 49.4 Å². The summed E-state index contributed by atoms with van der Waals surface area (Å²) in [5, 5.41) is 2.81. The lowest BCUT2D eigenvalue weighted by atomic mass is 10.1. The molecule has 0 unspecified atom stereocenters. The highest BCUT2D eigenvalue weighted by Gasteiger charge is 2.25. The summed E-state index contributed by atoms with van der Waals surface area (Å²) >= 11 is 0. The van der Waals surface area contributed by atoms with E-state index in [9.17, 15) is 9.59 Å². The molecule has 0 bridgehead atoms. The lowest BCUT2D eigenvalue weighted by molar-refractivity contribution is -0.140. The summed E-state index contributed by atoms with van der Waals surface area (Å²) in [5.74, 6) is -0.179. The molecule has 2 rings (SSSR count). The Morgan fingerprint density at radius 2 is 1.64 bits per heavy atom. The Morgan fingerprint density at radius 3 is 2.24 bits per heavy atom. The third kappa shape index (κ3) is 5.45. The molecule has 0 aliphatic heterocycles. The number of amides is 2. The van der Waals surface area contributed by atoms with Gasteiger partial charge in [0.1, 0.15) is 6.04 Å². The van der Waals surface area contributed by atoms with Gasteiger partial charge in [-0.15, -0.1) is 0 Å². The van der Waals surface area contributed by atoms with Crippen LogP contribution < -0.4 is 5.32 Å². The van der Waals surface area contributed by atoms with Crippen molar-refractivity contribution in [2.45, 2.75) is 39.8 Å². The van der Waals surface area contributed by atoms with Gasteiger partial charge < -0.3 is 10.2 Å². The molecular formula is C21H26N2O2. The van der Waals surface area contributed by atoms with E-state index in [4.69, 9.17) is 0 Å². The van der Waals surface area contributed by atoms with Gasteiger partial charge in [0.2, 0.25) is 11.8 Å². The summed E-state index contributed by atoms with van der Waals surface area (Å²) in [6.45, 7) is 6.65. The van der Waals surface area contributed by atoms with Crippen LogP contribution in [-0.2, 0) is 22.6 Å². The average molecular weight is 338 g/mol. The molecule has 1 N–H and O–H groups in total. The molecule has 0 heterocycles. The van der Waals surface area contributed by atoms with E-state index in [0.717, 1.165) is 11.1 Å². The van der Waals surface area contributed by atoms with Gasteiger partial charge in [0, 0.05) is 13.1 Å². The normalized spacial score (nSPS) is 11.6. The van der Waals surface area contributed by atoms with Gasteiger partial charge in [0.05, 0.1) is 6.42 Å².